The maximum absolute atomic E-state index is 11.7. The van der Waals surface area contributed by atoms with Gasteiger partial charge in [-0.2, -0.15) is 0 Å². The molecule has 4 heteroatoms. The molecule has 0 aromatic rings. The summed E-state index contributed by atoms with van der Waals surface area (Å²) in [4.78, 5) is 13.4. The number of methoxy groups -OCH3 is 1. The Morgan fingerprint density at radius 3 is 2.75 bits per heavy atom. The van der Waals surface area contributed by atoms with Crippen molar-refractivity contribution < 1.29 is 9.53 Å². The molecule has 0 spiro atoms. The first-order valence-corrected chi connectivity index (χ1v) is 5.21. The van der Waals surface area contributed by atoms with Gasteiger partial charge in [-0.3, -0.25) is 0 Å². The van der Waals surface area contributed by atoms with Crippen LogP contribution in [0.25, 0.3) is 0 Å². The van der Waals surface area contributed by atoms with Gasteiger partial charge in [0.15, 0.2) is 0 Å². The summed E-state index contributed by atoms with van der Waals surface area (Å²) in [7, 11) is 1.54. The molecule has 0 saturated carbocycles. The third-order valence-electron chi connectivity index (χ3n) is 2.57. The van der Waals surface area contributed by atoms with Crippen LogP contribution in [-0.4, -0.2) is 37.9 Å². The summed E-state index contributed by atoms with van der Waals surface area (Å²) < 4.78 is 4.79. The average molecular weight is 222 g/mol. The van der Waals surface area contributed by atoms with Gasteiger partial charge >= 0.3 is 6.03 Å². The van der Waals surface area contributed by atoms with E-state index in [2.05, 4.69) is 18.5 Å². The number of carbonyl (C=O) groups is 1. The van der Waals surface area contributed by atoms with Gasteiger partial charge in [-0.15, -0.1) is 0 Å². The van der Waals surface area contributed by atoms with E-state index in [1.165, 1.54) is 5.57 Å². The molecule has 0 saturated heterocycles. The van der Waals surface area contributed by atoms with Gasteiger partial charge in [0.2, 0.25) is 0 Å². The van der Waals surface area contributed by atoms with Crippen molar-refractivity contribution >= 4 is 6.03 Å². The Labute approximate surface area is 96.3 Å². The van der Waals surface area contributed by atoms with Crippen LogP contribution in [0, 0.1) is 0 Å². The SMILES string of the molecule is C=CC1=C(C=C)CN(C(=O)NCOC)CC1. The minimum atomic E-state index is -0.107. The number of nitrogens with one attached hydrogen (secondary N) is 1. The normalized spacial score (nSPS) is 15.9. The fourth-order valence-corrected chi connectivity index (χ4v) is 1.65. The summed E-state index contributed by atoms with van der Waals surface area (Å²) in [6.45, 7) is 9.03. The zero-order chi connectivity index (χ0) is 12.0. The van der Waals surface area contributed by atoms with E-state index < -0.39 is 0 Å². The van der Waals surface area contributed by atoms with Crippen molar-refractivity contribution in [3.05, 3.63) is 36.5 Å². The topological polar surface area (TPSA) is 41.6 Å². The lowest BCUT2D eigenvalue weighted by atomic mass is 10.0. The average Bonchev–Trinajstić information content (AvgIpc) is 2.34. The van der Waals surface area contributed by atoms with Crippen molar-refractivity contribution in [3.8, 4) is 0 Å². The van der Waals surface area contributed by atoms with Gasteiger partial charge in [-0.05, 0) is 17.6 Å². The molecule has 1 aliphatic rings. The number of carbonyl (C=O) groups excluding carboxylic acids is 1. The first kappa shape index (κ1) is 12.5. The van der Waals surface area contributed by atoms with E-state index in [1.807, 2.05) is 6.08 Å². The number of nitrogens with zero attached hydrogens (tertiary/aromatic N) is 1. The number of urea groups is 1. The Bertz CT molecular complexity index is 321. The van der Waals surface area contributed by atoms with Crippen molar-refractivity contribution in [1.29, 1.82) is 0 Å². The summed E-state index contributed by atoms with van der Waals surface area (Å²) in [6.07, 6.45) is 4.44. The minimum Gasteiger partial charge on any atom is -0.364 e. The number of rotatable bonds is 4. The lowest BCUT2D eigenvalue weighted by Crippen LogP contribution is -2.43. The first-order valence-electron chi connectivity index (χ1n) is 5.21. The largest absolute Gasteiger partial charge is 0.364 e. The molecule has 0 fully saturated rings. The fourth-order valence-electron chi connectivity index (χ4n) is 1.65. The zero-order valence-electron chi connectivity index (χ0n) is 9.66. The van der Waals surface area contributed by atoms with E-state index in [9.17, 15) is 4.79 Å². The molecule has 1 N–H and O–H groups in total. The molecule has 0 aromatic heterocycles. The highest BCUT2D eigenvalue weighted by atomic mass is 16.5. The molecule has 1 aliphatic heterocycles. The molecular formula is C12H18N2O2. The smallest absolute Gasteiger partial charge is 0.319 e. The Kier molecular flexibility index (Phi) is 4.79. The third-order valence-corrected chi connectivity index (χ3v) is 2.57. The summed E-state index contributed by atoms with van der Waals surface area (Å²) in [5.74, 6) is 0. The Morgan fingerprint density at radius 1 is 1.50 bits per heavy atom. The van der Waals surface area contributed by atoms with Crippen molar-refractivity contribution in [2.24, 2.45) is 0 Å². The lowest BCUT2D eigenvalue weighted by Gasteiger charge is -2.29. The molecule has 2 amide bonds. The van der Waals surface area contributed by atoms with Gasteiger partial charge in [0.25, 0.3) is 0 Å². The fraction of sp³-hybridized carbons (Fsp3) is 0.417. The van der Waals surface area contributed by atoms with Gasteiger partial charge in [-0.1, -0.05) is 25.3 Å². The maximum atomic E-state index is 11.7. The second kappa shape index (κ2) is 6.12. The van der Waals surface area contributed by atoms with Crippen LogP contribution in [0.15, 0.2) is 36.5 Å². The molecule has 16 heavy (non-hydrogen) atoms. The predicted octanol–water partition coefficient (Wildman–Crippen LogP) is 1.67. The number of allylic oxidation sites excluding steroid dienone is 1. The highest BCUT2D eigenvalue weighted by Crippen LogP contribution is 2.19. The molecule has 1 rings (SSSR count). The number of hydrogen-bond acceptors (Lipinski definition) is 2. The van der Waals surface area contributed by atoms with Crippen molar-refractivity contribution in [3.63, 3.8) is 0 Å². The Hall–Kier alpha value is -1.55. The summed E-state index contributed by atoms with van der Waals surface area (Å²) >= 11 is 0. The van der Waals surface area contributed by atoms with Crippen LogP contribution in [0.1, 0.15) is 6.42 Å². The van der Waals surface area contributed by atoms with Crippen LogP contribution in [0.2, 0.25) is 0 Å². The van der Waals surface area contributed by atoms with Crippen LogP contribution in [0.4, 0.5) is 4.79 Å². The van der Waals surface area contributed by atoms with E-state index in [0.717, 1.165) is 12.0 Å². The standard InChI is InChI=1S/C12H18N2O2/c1-4-10-6-7-14(8-11(10)5-2)12(15)13-9-16-3/h4-5H,1-2,6-9H2,3H3,(H,13,15). The number of amides is 2. The molecule has 1 heterocycles. The van der Waals surface area contributed by atoms with Gasteiger partial charge in [-0.25, -0.2) is 4.79 Å². The summed E-state index contributed by atoms with van der Waals surface area (Å²) in [5, 5.41) is 2.66. The van der Waals surface area contributed by atoms with E-state index in [4.69, 9.17) is 4.74 Å². The molecule has 0 aliphatic carbocycles. The van der Waals surface area contributed by atoms with Crippen molar-refractivity contribution in [2.45, 2.75) is 6.42 Å². The van der Waals surface area contributed by atoms with Gasteiger partial charge in [0.1, 0.15) is 6.73 Å². The monoisotopic (exact) mass is 222 g/mol. The molecular weight excluding hydrogens is 204 g/mol. The van der Waals surface area contributed by atoms with E-state index >= 15 is 0 Å². The summed E-state index contributed by atoms with van der Waals surface area (Å²) in [6, 6.07) is -0.107. The maximum Gasteiger partial charge on any atom is 0.319 e. The Morgan fingerprint density at radius 2 is 2.19 bits per heavy atom. The molecule has 0 unspecified atom stereocenters. The first-order chi connectivity index (χ1) is 7.72. The van der Waals surface area contributed by atoms with Crippen LogP contribution in [0.5, 0.6) is 0 Å². The molecule has 4 nitrogen and oxygen atoms in total. The van der Waals surface area contributed by atoms with Gasteiger partial charge in [0.05, 0.1) is 0 Å². The minimum absolute atomic E-state index is 0.107. The zero-order valence-corrected chi connectivity index (χ0v) is 9.66. The van der Waals surface area contributed by atoms with Crippen molar-refractivity contribution in [1.82, 2.24) is 10.2 Å². The molecule has 0 atom stereocenters. The van der Waals surface area contributed by atoms with Gasteiger partial charge < -0.3 is 15.0 Å². The predicted molar refractivity (Wildman–Crippen MR) is 64.0 cm³/mol. The van der Waals surface area contributed by atoms with E-state index in [1.54, 1.807) is 18.1 Å². The van der Waals surface area contributed by atoms with Crippen LogP contribution in [-0.2, 0) is 4.74 Å². The van der Waals surface area contributed by atoms with Crippen LogP contribution < -0.4 is 5.32 Å². The molecule has 88 valence electrons. The molecule has 0 radical (unpaired) electrons. The molecule has 0 bridgehead atoms. The van der Waals surface area contributed by atoms with Crippen LogP contribution >= 0.6 is 0 Å². The third kappa shape index (κ3) is 2.97. The Balaban J connectivity index is 2.62. The van der Waals surface area contributed by atoms with Crippen LogP contribution in [0.3, 0.4) is 0 Å². The lowest BCUT2D eigenvalue weighted by molar-refractivity contribution is 0.155. The second-order valence-corrected chi connectivity index (χ2v) is 3.55. The van der Waals surface area contributed by atoms with Crippen molar-refractivity contribution in [2.75, 3.05) is 26.9 Å². The molecule has 0 aromatic carbocycles. The highest BCUT2D eigenvalue weighted by molar-refractivity contribution is 5.74. The summed E-state index contributed by atoms with van der Waals surface area (Å²) in [5.41, 5.74) is 2.24. The number of hydrogen-bond donors (Lipinski definition) is 1. The second-order valence-electron chi connectivity index (χ2n) is 3.55. The van der Waals surface area contributed by atoms with E-state index in [0.29, 0.717) is 13.1 Å². The highest BCUT2D eigenvalue weighted by Gasteiger charge is 2.19. The van der Waals surface area contributed by atoms with Gasteiger partial charge in [0, 0.05) is 20.2 Å². The number of ether oxygens (including phenoxy) is 1. The quantitative estimate of drug-likeness (QED) is 0.735. The van der Waals surface area contributed by atoms with E-state index in [-0.39, 0.29) is 12.8 Å².